The monoisotopic (exact) mass is 261 g/mol. The Bertz CT molecular complexity index is 416. The van der Waals surface area contributed by atoms with Crippen molar-refractivity contribution in [2.75, 3.05) is 13.7 Å². The third-order valence-corrected chi connectivity index (χ3v) is 4.24. The number of hydrogen-bond donors (Lipinski definition) is 1. The summed E-state index contributed by atoms with van der Waals surface area (Å²) in [5.74, 6) is 0.679. The molecule has 3 rings (SSSR count). The lowest BCUT2D eigenvalue weighted by molar-refractivity contribution is 0.255. The zero-order valence-electron chi connectivity index (χ0n) is 11.8. The SMILES string of the molecule is COc1ccc(CNC2CC(C)N(C3CC3)C2)cn1. The van der Waals surface area contributed by atoms with E-state index in [0.29, 0.717) is 11.9 Å². The fourth-order valence-corrected chi connectivity index (χ4v) is 3.02. The molecule has 104 valence electrons. The van der Waals surface area contributed by atoms with Gasteiger partial charge in [0.05, 0.1) is 7.11 Å². The summed E-state index contributed by atoms with van der Waals surface area (Å²) in [5, 5.41) is 3.66. The predicted molar refractivity (Wildman–Crippen MR) is 75.2 cm³/mol. The molecular weight excluding hydrogens is 238 g/mol. The Hall–Kier alpha value is -1.13. The average molecular weight is 261 g/mol. The van der Waals surface area contributed by atoms with E-state index in [9.17, 15) is 0 Å². The maximum atomic E-state index is 5.07. The van der Waals surface area contributed by atoms with Crippen LogP contribution < -0.4 is 10.1 Å². The Labute approximate surface area is 115 Å². The molecule has 0 radical (unpaired) electrons. The van der Waals surface area contributed by atoms with Crippen LogP contribution in [0.1, 0.15) is 31.7 Å². The second-order valence-corrected chi connectivity index (χ2v) is 5.80. The summed E-state index contributed by atoms with van der Waals surface area (Å²) >= 11 is 0. The van der Waals surface area contributed by atoms with Crippen molar-refractivity contribution in [2.24, 2.45) is 0 Å². The van der Waals surface area contributed by atoms with Crippen molar-refractivity contribution < 1.29 is 4.74 Å². The Balaban J connectivity index is 1.49. The summed E-state index contributed by atoms with van der Waals surface area (Å²) in [5.41, 5.74) is 1.22. The number of pyridine rings is 1. The molecule has 0 aromatic carbocycles. The lowest BCUT2D eigenvalue weighted by Gasteiger charge is -2.19. The Morgan fingerprint density at radius 3 is 2.89 bits per heavy atom. The summed E-state index contributed by atoms with van der Waals surface area (Å²) in [6, 6.07) is 6.24. The van der Waals surface area contributed by atoms with Crippen LogP contribution in [0.3, 0.4) is 0 Å². The minimum atomic E-state index is 0.623. The van der Waals surface area contributed by atoms with Crippen LogP contribution in [0.2, 0.25) is 0 Å². The second-order valence-electron chi connectivity index (χ2n) is 5.80. The van der Waals surface area contributed by atoms with Gasteiger partial charge < -0.3 is 10.1 Å². The number of nitrogens with zero attached hydrogens (tertiary/aromatic N) is 2. The summed E-state index contributed by atoms with van der Waals surface area (Å²) in [7, 11) is 1.65. The molecule has 1 saturated heterocycles. The molecule has 2 fully saturated rings. The number of ether oxygens (including phenoxy) is 1. The highest BCUT2D eigenvalue weighted by atomic mass is 16.5. The Morgan fingerprint density at radius 2 is 2.26 bits per heavy atom. The Morgan fingerprint density at radius 1 is 1.42 bits per heavy atom. The molecule has 2 aliphatic rings. The number of aromatic nitrogens is 1. The van der Waals surface area contributed by atoms with Gasteiger partial charge in [-0.3, -0.25) is 4.90 Å². The highest BCUT2D eigenvalue weighted by Gasteiger charge is 2.38. The maximum absolute atomic E-state index is 5.07. The maximum Gasteiger partial charge on any atom is 0.212 e. The highest BCUT2D eigenvalue weighted by molar-refractivity contribution is 5.17. The quantitative estimate of drug-likeness (QED) is 0.877. The molecule has 4 nitrogen and oxygen atoms in total. The summed E-state index contributed by atoms with van der Waals surface area (Å²) in [4.78, 5) is 6.91. The molecule has 2 unspecified atom stereocenters. The van der Waals surface area contributed by atoms with Crippen LogP contribution >= 0.6 is 0 Å². The normalized spacial score (nSPS) is 27.7. The zero-order chi connectivity index (χ0) is 13.2. The molecule has 1 N–H and O–H groups in total. The summed E-state index contributed by atoms with van der Waals surface area (Å²) < 4.78 is 5.07. The summed E-state index contributed by atoms with van der Waals surface area (Å²) in [6.45, 7) is 4.46. The van der Waals surface area contributed by atoms with Gasteiger partial charge in [-0.05, 0) is 31.7 Å². The molecular formula is C15H23N3O. The first-order valence-corrected chi connectivity index (χ1v) is 7.24. The first-order chi connectivity index (χ1) is 9.26. The number of hydrogen-bond acceptors (Lipinski definition) is 4. The lowest BCUT2D eigenvalue weighted by Crippen LogP contribution is -2.33. The number of likely N-dealkylation sites (tertiary alicyclic amines) is 1. The van der Waals surface area contributed by atoms with Gasteiger partial charge >= 0.3 is 0 Å². The van der Waals surface area contributed by atoms with Crippen molar-refractivity contribution in [3.63, 3.8) is 0 Å². The van der Waals surface area contributed by atoms with Gasteiger partial charge in [-0.25, -0.2) is 4.98 Å². The predicted octanol–water partition coefficient (Wildman–Crippen LogP) is 1.80. The van der Waals surface area contributed by atoms with Crippen molar-refractivity contribution >= 4 is 0 Å². The van der Waals surface area contributed by atoms with Crippen LogP contribution in [0.25, 0.3) is 0 Å². The smallest absolute Gasteiger partial charge is 0.212 e. The molecule has 0 amide bonds. The molecule has 1 saturated carbocycles. The van der Waals surface area contributed by atoms with E-state index in [-0.39, 0.29) is 0 Å². The minimum absolute atomic E-state index is 0.623. The van der Waals surface area contributed by atoms with Gasteiger partial charge in [0.2, 0.25) is 5.88 Å². The lowest BCUT2D eigenvalue weighted by atomic mass is 10.2. The third kappa shape index (κ3) is 3.07. The average Bonchev–Trinajstić information content (AvgIpc) is 3.21. The van der Waals surface area contributed by atoms with Crippen LogP contribution in [0.4, 0.5) is 0 Å². The van der Waals surface area contributed by atoms with E-state index >= 15 is 0 Å². The fraction of sp³-hybridized carbons (Fsp3) is 0.667. The van der Waals surface area contributed by atoms with Crippen LogP contribution in [-0.4, -0.2) is 41.7 Å². The second kappa shape index (κ2) is 5.47. The van der Waals surface area contributed by atoms with E-state index in [1.807, 2.05) is 12.3 Å². The molecule has 0 bridgehead atoms. The van der Waals surface area contributed by atoms with E-state index < -0.39 is 0 Å². The first kappa shape index (κ1) is 12.9. The van der Waals surface area contributed by atoms with Gasteiger partial charge in [-0.1, -0.05) is 6.07 Å². The van der Waals surface area contributed by atoms with E-state index in [4.69, 9.17) is 4.74 Å². The van der Waals surface area contributed by atoms with Crippen LogP contribution in [0.15, 0.2) is 18.3 Å². The largest absolute Gasteiger partial charge is 0.481 e. The fourth-order valence-electron chi connectivity index (χ4n) is 3.02. The molecule has 19 heavy (non-hydrogen) atoms. The molecule has 0 spiro atoms. The molecule has 1 aliphatic heterocycles. The van der Waals surface area contributed by atoms with E-state index in [0.717, 1.165) is 18.6 Å². The van der Waals surface area contributed by atoms with Gasteiger partial charge in [0.15, 0.2) is 0 Å². The van der Waals surface area contributed by atoms with Gasteiger partial charge in [-0.2, -0.15) is 0 Å². The van der Waals surface area contributed by atoms with Gasteiger partial charge in [-0.15, -0.1) is 0 Å². The Kier molecular flexibility index (Phi) is 3.71. The van der Waals surface area contributed by atoms with E-state index in [2.05, 4.69) is 28.2 Å². The minimum Gasteiger partial charge on any atom is -0.481 e. The van der Waals surface area contributed by atoms with Gasteiger partial charge in [0.25, 0.3) is 0 Å². The third-order valence-electron chi connectivity index (χ3n) is 4.24. The van der Waals surface area contributed by atoms with Crippen molar-refractivity contribution in [3.05, 3.63) is 23.9 Å². The van der Waals surface area contributed by atoms with Crippen LogP contribution in [-0.2, 0) is 6.54 Å². The number of methoxy groups -OCH3 is 1. The molecule has 4 heteroatoms. The standard InChI is InChI=1S/C15H23N3O/c1-11-7-13(10-18(11)14-4-5-14)16-8-12-3-6-15(19-2)17-9-12/h3,6,9,11,13-14,16H,4-5,7-8,10H2,1-2H3. The number of nitrogens with one attached hydrogen (secondary N) is 1. The van der Waals surface area contributed by atoms with E-state index in [1.165, 1.54) is 31.4 Å². The van der Waals surface area contributed by atoms with Crippen molar-refractivity contribution in [1.29, 1.82) is 0 Å². The first-order valence-electron chi connectivity index (χ1n) is 7.24. The highest BCUT2D eigenvalue weighted by Crippen LogP contribution is 2.33. The van der Waals surface area contributed by atoms with Crippen molar-refractivity contribution in [2.45, 2.75) is 50.9 Å². The van der Waals surface area contributed by atoms with Crippen LogP contribution in [0.5, 0.6) is 5.88 Å². The van der Waals surface area contributed by atoms with Crippen molar-refractivity contribution in [1.82, 2.24) is 15.2 Å². The molecule has 1 aromatic rings. The molecule has 1 aromatic heterocycles. The van der Waals surface area contributed by atoms with Crippen molar-refractivity contribution in [3.8, 4) is 5.88 Å². The van der Waals surface area contributed by atoms with E-state index in [1.54, 1.807) is 7.11 Å². The molecule has 2 atom stereocenters. The number of rotatable bonds is 5. The topological polar surface area (TPSA) is 37.4 Å². The molecule has 2 heterocycles. The zero-order valence-corrected chi connectivity index (χ0v) is 11.8. The van der Waals surface area contributed by atoms with Crippen LogP contribution in [0, 0.1) is 0 Å². The van der Waals surface area contributed by atoms with Gasteiger partial charge in [0.1, 0.15) is 0 Å². The molecule has 1 aliphatic carbocycles. The van der Waals surface area contributed by atoms with Gasteiger partial charge in [0, 0.05) is 43.5 Å². The summed E-state index contributed by atoms with van der Waals surface area (Å²) in [6.07, 6.45) is 5.96.